The molecule has 0 radical (unpaired) electrons. The van der Waals surface area contributed by atoms with Crippen LogP contribution in [0.4, 0.5) is 24.9 Å². The molecular weight excluding hydrogens is 531 g/mol. The Morgan fingerprint density at radius 2 is 1.78 bits per heavy atom. The first kappa shape index (κ1) is 25.4. The maximum absolute atomic E-state index is 13.9. The van der Waals surface area contributed by atoms with Crippen molar-refractivity contribution in [2.75, 3.05) is 10.6 Å². The summed E-state index contributed by atoms with van der Waals surface area (Å²) in [6.45, 7) is 0.372. The van der Waals surface area contributed by atoms with Crippen LogP contribution in [0, 0.1) is 5.92 Å². The van der Waals surface area contributed by atoms with Crippen LogP contribution in [0.5, 0.6) is 0 Å². The third-order valence-corrected chi connectivity index (χ3v) is 7.58. The average Bonchev–Trinajstić information content (AvgIpc) is 3.90. The Kier molecular flexibility index (Phi) is 6.06. The minimum Gasteiger partial charge on any atom is -0.354 e. The van der Waals surface area contributed by atoms with E-state index in [1.807, 2.05) is 36.4 Å². The summed E-state index contributed by atoms with van der Waals surface area (Å²) < 4.78 is 43.4. The van der Waals surface area contributed by atoms with Crippen LogP contribution < -0.4 is 10.6 Å². The Hall–Kier alpha value is -4.61. The van der Waals surface area contributed by atoms with Crippen molar-refractivity contribution in [3.8, 4) is 16.9 Å². The number of pyridine rings is 2. The fourth-order valence-corrected chi connectivity index (χ4v) is 4.78. The SMILES string of the molecule is FC(F)(F)C1(Nc2nc(NCc3ccc(-n4cncn4)cc3)nc3ccc(-c4ccc(CC5CC5)nc4)nc23)CC1. The van der Waals surface area contributed by atoms with E-state index in [9.17, 15) is 13.2 Å². The lowest BCUT2D eigenvalue weighted by Crippen LogP contribution is -2.39. The number of nitrogens with zero attached hydrogens (tertiary/aromatic N) is 7. The highest BCUT2D eigenvalue weighted by Gasteiger charge is 2.64. The zero-order valence-corrected chi connectivity index (χ0v) is 21.9. The first-order valence-corrected chi connectivity index (χ1v) is 13.5. The Morgan fingerprint density at radius 3 is 2.44 bits per heavy atom. The summed E-state index contributed by atoms with van der Waals surface area (Å²) >= 11 is 0. The molecule has 12 heteroatoms. The van der Waals surface area contributed by atoms with Crippen LogP contribution in [-0.4, -0.2) is 46.4 Å². The van der Waals surface area contributed by atoms with Gasteiger partial charge in [0.25, 0.3) is 0 Å². The van der Waals surface area contributed by atoms with E-state index in [0.29, 0.717) is 17.8 Å². The molecule has 4 aromatic heterocycles. The first-order chi connectivity index (χ1) is 19.9. The van der Waals surface area contributed by atoms with Crippen LogP contribution in [-0.2, 0) is 13.0 Å². The minimum absolute atomic E-state index is 0.0189. The molecule has 2 N–H and O–H groups in total. The standard InChI is InChI=1S/C29H26F3N9/c30-29(31,32)28(11-12-28)40-26-25-24(10-9-23(37-25)20-5-6-21(34-15-20)13-18-1-2-18)38-27(39-26)35-14-19-3-7-22(8-4-19)41-17-33-16-36-41/h3-10,15-18H,1-2,11-14H2,(H2,35,38,39,40). The van der Waals surface area contributed by atoms with E-state index in [1.165, 1.54) is 19.2 Å². The zero-order chi connectivity index (χ0) is 28.0. The molecule has 0 bridgehead atoms. The fraction of sp³-hybridized carbons (Fsp3) is 0.310. The molecule has 0 atom stereocenters. The van der Waals surface area contributed by atoms with E-state index in [2.05, 4.69) is 35.7 Å². The van der Waals surface area contributed by atoms with E-state index in [4.69, 9.17) is 4.98 Å². The topological polar surface area (TPSA) is 106 Å². The number of halogens is 3. The van der Waals surface area contributed by atoms with E-state index < -0.39 is 11.7 Å². The second-order valence-corrected chi connectivity index (χ2v) is 10.7. The number of anilines is 2. The van der Waals surface area contributed by atoms with Crippen molar-refractivity contribution < 1.29 is 13.2 Å². The average molecular weight is 558 g/mol. The van der Waals surface area contributed by atoms with Crippen molar-refractivity contribution in [3.63, 3.8) is 0 Å². The van der Waals surface area contributed by atoms with Gasteiger partial charge in [-0.15, -0.1) is 0 Å². The largest absolute Gasteiger partial charge is 0.411 e. The Bertz CT molecular complexity index is 1680. The minimum atomic E-state index is -4.41. The molecule has 9 nitrogen and oxygen atoms in total. The maximum Gasteiger partial charge on any atom is 0.411 e. The normalized spacial score (nSPS) is 16.1. The second-order valence-electron chi connectivity index (χ2n) is 10.7. The lowest BCUT2D eigenvalue weighted by atomic mass is 10.1. The Balaban J connectivity index is 1.17. The molecule has 2 saturated carbocycles. The lowest BCUT2D eigenvalue weighted by molar-refractivity contribution is -0.151. The van der Waals surface area contributed by atoms with E-state index >= 15 is 0 Å². The van der Waals surface area contributed by atoms with E-state index in [1.54, 1.807) is 29.3 Å². The summed E-state index contributed by atoms with van der Waals surface area (Å²) in [6.07, 6.45) is 3.85. The highest BCUT2D eigenvalue weighted by atomic mass is 19.4. The van der Waals surface area contributed by atoms with Gasteiger partial charge in [0, 0.05) is 24.0 Å². The quantitative estimate of drug-likeness (QED) is 0.236. The molecule has 2 aliphatic carbocycles. The summed E-state index contributed by atoms with van der Waals surface area (Å²) in [5.74, 6) is 0.982. The summed E-state index contributed by atoms with van der Waals surface area (Å²) in [6, 6.07) is 15.2. The maximum atomic E-state index is 13.9. The fourth-order valence-electron chi connectivity index (χ4n) is 4.78. The van der Waals surface area contributed by atoms with Crippen LogP contribution in [0.3, 0.4) is 0 Å². The van der Waals surface area contributed by atoms with Gasteiger partial charge in [0.15, 0.2) is 5.82 Å². The third kappa shape index (κ3) is 5.29. The van der Waals surface area contributed by atoms with Crippen LogP contribution in [0.25, 0.3) is 28.0 Å². The van der Waals surface area contributed by atoms with Gasteiger partial charge in [0.05, 0.1) is 16.9 Å². The number of aromatic nitrogens is 7. The Morgan fingerprint density at radius 1 is 0.951 bits per heavy atom. The molecule has 41 heavy (non-hydrogen) atoms. The number of fused-ring (bicyclic) bond motifs is 1. The van der Waals surface area contributed by atoms with Gasteiger partial charge >= 0.3 is 6.18 Å². The number of benzene rings is 1. The van der Waals surface area contributed by atoms with Crippen molar-refractivity contribution >= 4 is 22.8 Å². The zero-order valence-electron chi connectivity index (χ0n) is 21.9. The number of nitrogens with one attached hydrogen (secondary N) is 2. The molecule has 0 aliphatic heterocycles. The van der Waals surface area contributed by atoms with Crippen molar-refractivity contribution in [1.29, 1.82) is 0 Å². The van der Waals surface area contributed by atoms with Gasteiger partial charge in [0.1, 0.15) is 23.7 Å². The number of hydrogen-bond donors (Lipinski definition) is 2. The summed E-state index contributed by atoms with van der Waals surface area (Å²) in [5.41, 5.74) is 2.92. The molecule has 208 valence electrons. The predicted octanol–water partition coefficient (Wildman–Crippen LogP) is 5.74. The molecular formula is C29H26F3N9. The lowest BCUT2D eigenvalue weighted by Gasteiger charge is -2.22. The van der Waals surface area contributed by atoms with Gasteiger partial charge in [0.2, 0.25) is 5.95 Å². The third-order valence-electron chi connectivity index (χ3n) is 7.58. The van der Waals surface area contributed by atoms with Gasteiger partial charge < -0.3 is 10.6 Å². The van der Waals surface area contributed by atoms with Gasteiger partial charge in [-0.25, -0.2) is 19.6 Å². The number of hydrogen-bond acceptors (Lipinski definition) is 8. The molecule has 0 unspecified atom stereocenters. The van der Waals surface area contributed by atoms with Crippen LogP contribution in [0.15, 0.2) is 67.4 Å². The highest BCUT2D eigenvalue weighted by Crippen LogP contribution is 2.51. The van der Waals surface area contributed by atoms with Gasteiger partial charge in [-0.3, -0.25) is 4.98 Å². The Labute approximate surface area is 233 Å². The predicted molar refractivity (Wildman–Crippen MR) is 147 cm³/mol. The molecule has 0 saturated heterocycles. The highest BCUT2D eigenvalue weighted by molar-refractivity contribution is 5.88. The summed E-state index contributed by atoms with van der Waals surface area (Å²) in [7, 11) is 0. The summed E-state index contributed by atoms with van der Waals surface area (Å²) in [5, 5.41) is 9.95. The molecule has 4 heterocycles. The van der Waals surface area contributed by atoms with Crippen molar-refractivity contribution in [1.82, 2.24) is 34.7 Å². The molecule has 2 fully saturated rings. The smallest absolute Gasteiger partial charge is 0.354 e. The molecule has 7 rings (SSSR count). The number of alkyl halides is 3. The van der Waals surface area contributed by atoms with Crippen molar-refractivity contribution in [2.24, 2.45) is 5.92 Å². The van der Waals surface area contributed by atoms with Crippen molar-refractivity contribution in [3.05, 3.63) is 78.6 Å². The molecule has 1 aromatic carbocycles. The van der Waals surface area contributed by atoms with E-state index in [0.717, 1.165) is 34.8 Å². The summed E-state index contributed by atoms with van der Waals surface area (Å²) in [4.78, 5) is 22.3. The van der Waals surface area contributed by atoms with Gasteiger partial charge in [-0.2, -0.15) is 23.3 Å². The van der Waals surface area contributed by atoms with Gasteiger partial charge in [-0.05, 0) is 80.0 Å². The molecule has 5 aromatic rings. The first-order valence-electron chi connectivity index (χ1n) is 13.5. The van der Waals surface area contributed by atoms with Crippen molar-refractivity contribution in [2.45, 2.75) is 50.4 Å². The van der Waals surface area contributed by atoms with Crippen LogP contribution in [0.1, 0.15) is 36.9 Å². The molecule has 2 aliphatic rings. The van der Waals surface area contributed by atoms with Gasteiger partial charge in [-0.1, -0.05) is 12.1 Å². The monoisotopic (exact) mass is 557 g/mol. The second kappa shape index (κ2) is 9.79. The molecule has 0 amide bonds. The molecule has 0 spiro atoms. The van der Waals surface area contributed by atoms with E-state index in [-0.39, 0.29) is 30.1 Å². The van der Waals surface area contributed by atoms with Crippen LogP contribution >= 0.6 is 0 Å². The van der Waals surface area contributed by atoms with Crippen LogP contribution in [0.2, 0.25) is 0 Å². The number of rotatable bonds is 9.